The minimum atomic E-state index is -1.05. The third kappa shape index (κ3) is 3.82. The van der Waals surface area contributed by atoms with E-state index in [2.05, 4.69) is 17.2 Å². The number of hydrogen-bond donors (Lipinski definition) is 3. The van der Waals surface area contributed by atoms with Gasteiger partial charge in [-0.15, -0.1) is 11.3 Å². The molecule has 0 aliphatic heterocycles. The molecule has 0 aliphatic rings. The molecule has 0 spiro atoms. The maximum Gasteiger partial charge on any atom is 0.338 e. The lowest BCUT2D eigenvalue weighted by Gasteiger charge is -2.04. The minimum absolute atomic E-state index is 0.0822. The predicted molar refractivity (Wildman–Crippen MR) is 84.4 cm³/mol. The molecule has 0 fully saturated rings. The smallest absolute Gasteiger partial charge is 0.338 e. The van der Waals surface area contributed by atoms with Crippen molar-refractivity contribution in [3.8, 4) is 0 Å². The fraction of sp³-hybridized carbons (Fsp3) is 0.267. The largest absolute Gasteiger partial charge is 0.478 e. The van der Waals surface area contributed by atoms with Crippen molar-refractivity contribution >= 4 is 34.1 Å². The van der Waals surface area contributed by atoms with Crippen LogP contribution >= 0.6 is 11.3 Å². The Kier molecular flexibility index (Phi) is 5.11. The summed E-state index contributed by atoms with van der Waals surface area (Å²) < 4.78 is 0. The summed E-state index contributed by atoms with van der Waals surface area (Å²) >= 11 is 1.38. The van der Waals surface area contributed by atoms with Gasteiger partial charge in [-0.25, -0.2) is 14.6 Å². The van der Waals surface area contributed by atoms with E-state index < -0.39 is 11.9 Å². The minimum Gasteiger partial charge on any atom is -0.478 e. The van der Waals surface area contributed by atoms with Crippen LogP contribution in [0.25, 0.3) is 0 Å². The highest BCUT2D eigenvalue weighted by molar-refractivity contribution is 7.16. The second kappa shape index (κ2) is 7.04. The van der Waals surface area contributed by atoms with E-state index in [-0.39, 0.29) is 11.1 Å². The van der Waals surface area contributed by atoms with Crippen LogP contribution in [-0.4, -0.2) is 27.1 Å². The molecule has 2 heterocycles. The third-order valence-corrected chi connectivity index (χ3v) is 4.15. The van der Waals surface area contributed by atoms with E-state index in [0.29, 0.717) is 10.8 Å². The number of thiophene rings is 1. The second-order valence-corrected chi connectivity index (χ2v) is 5.86. The average Bonchev–Trinajstić information content (AvgIpc) is 2.89. The van der Waals surface area contributed by atoms with Crippen molar-refractivity contribution in [1.29, 1.82) is 0 Å². The van der Waals surface area contributed by atoms with Crippen LogP contribution in [0, 0.1) is 0 Å². The maximum absolute atomic E-state index is 11.3. The molecule has 2 rings (SSSR count). The number of anilines is 2. The zero-order valence-corrected chi connectivity index (χ0v) is 12.8. The fourth-order valence-electron chi connectivity index (χ4n) is 1.88. The Hall–Kier alpha value is -2.41. The number of carboxylic acid groups (broad SMARTS) is 2. The van der Waals surface area contributed by atoms with Gasteiger partial charge in [0.1, 0.15) is 10.8 Å². The zero-order chi connectivity index (χ0) is 16.1. The van der Waals surface area contributed by atoms with Gasteiger partial charge >= 0.3 is 11.9 Å². The van der Waals surface area contributed by atoms with Crippen molar-refractivity contribution in [1.82, 2.24) is 4.98 Å². The van der Waals surface area contributed by atoms with E-state index in [1.54, 1.807) is 6.07 Å². The Bertz CT molecular complexity index is 679. The number of aromatic carboxylic acids is 2. The summed E-state index contributed by atoms with van der Waals surface area (Å²) in [5.41, 5.74) is 0.291. The standard InChI is InChI=1S/C15H16N2O4S/c1-2-3-4-10-7-11(15(20)21)13(22-10)17-12-6-5-9(8-16-12)14(18)19/h5-8H,2-4H2,1H3,(H,16,17)(H,18,19)(H,20,21). The number of unbranched alkanes of at least 4 members (excludes halogenated alkanes) is 1. The molecule has 2 aromatic heterocycles. The Labute approximate surface area is 131 Å². The van der Waals surface area contributed by atoms with Gasteiger partial charge < -0.3 is 15.5 Å². The molecular weight excluding hydrogens is 304 g/mol. The van der Waals surface area contributed by atoms with Crippen molar-refractivity contribution in [2.24, 2.45) is 0 Å². The number of carboxylic acids is 2. The highest BCUT2D eigenvalue weighted by Gasteiger charge is 2.16. The molecule has 0 bridgehead atoms. The second-order valence-electron chi connectivity index (χ2n) is 4.73. The molecule has 116 valence electrons. The van der Waals surface area contributed by atoms with Crippen molar-refractivity contribution in [2.75, 3.05) is 5.32 Å². The summed E-state index contributed by atoms with van der Waals surface area (Å²) in [4.78, 5) is 27.1. The van der Waals surface area contributed by atoms with Gasteiger partial charge in [0, 0.05) is 11.1 Å². The summed E-state index contributed by atoms with van der Waals surface area (Å²) in [5, 5.41) is 21.6. The molecule has 22 heavy (non-hydrogen) atoms. The molecule has 0 aromatic carbocycles. The van der Waals surface area contributed by atoms with E-state index in [0.717, 1.165) is 24.1 Å². The first-order valence-electron chi connectivity index (χ1n) is 6.83. The number of aryl methyl sites for hydroxylation is 1. The molecule has 0 radical (unpaired) electrons. The number of aromatic nitrogens is 1. The van der Waals surface area contributed by atoms with E-state index in [4.69, 9.17) is 5.11 Å². The van der Waals surface area contributed by atoms with Crippen LogP contribution < -0.4 is 5.32 Å². The maximum atomic E-state index is 11.3. The highest BCUT2D eigenvalue weighted by atomic mass is 32.1. The monoisotopic (exact) mass is 320 g/mol. The van der Waals surface area contributed by atoms with Gasteiger partial charge in [-0.2, -0.15) is 0 Å². The summed E-state index contributed by atoms with van der Waals surface area (Å²) in [6.07, 6.45) is 4.12. The molecule has 2 aromatic rings. The first-order chi connectivity index (χ1) is 10.5. The molecule has 7 heteroatoms. The topological polar surface area (TPSA) is 99.5 Å². The molecule has 6 nitrogen and oxygen atoms in total. The van der Waals surface area contributed by atoms with Crippen molar-refractivity contribution in [3.63, 3.8) is 0 Å². The molecule has 0 amide bonds. The van der Waals surface area contributed by atoms with Gasteiger partial charge in [0.2, 0.25) is 0 Å². The third-order valence-electron chi connectivity index (χ3n) is 3.04. The lowest BCUT2D eigenvalue weighted by atomic mass is 10.2. The number of carbonyl (C=O) groups is 2. The van der Waals surface area contributed by atoms with Crippen LogP contribution in [0.4, 0.5) is 10.8 Å². The number of rotatable bonds is 7. The van der Waals surface area contributed by atoms with Crippen LogP contribution in [0.3, 0.4) is 0 Å². The van der Waals surface area contributed by atoms with Crippen molar-refractivity contribution in [3.05, 3.63) is 40.4 Å². The van der Waals surface area contributed by atoms with Crippen molar-refractivity contribution < 1.29 is 19.8 Å². The first kappa shape index (κ1) is 16.0. The lowest BCUT2D eigenvalue weighted by Crippen LogP contribution is -2.01. The van der Waals surface area contributed by atoms with E-state index >= 15 is 0 Å². The summed E-state index contributed by atoms with van der Waals surface area (Å²) in [5.74, 6) is -1.64. The molecule has 0 saturated heterocycles. The summed E-state index contributed by atoms with van der Waals surface area (Å²) in [7, 11) is 0. The van der Waals surface area contributed by atoms with E-state index in [1.807, 2.05) is 0 Å². The molecule has 0 aliphatic carbocycles. The Morgan fingerprint density at radius 3 is 2.59 bits per heavy atom. The molecule has 0 saturated carbocycles. The number of nitrogens with zero attached hydrogens (tertiary/aromatic N) is 1. The van der Waals surface area contributed by atoms with Gasteiger partial charge in [-0.05, 0) is 31.0 Å². The SMILES string of the molecule is CCCCc1cc(C(=O)O)c(Nc2ccc(C(=O)O)cn2)s1. The van der Waals surface area contributed by atoms with E-state index in [1.165, 1.54) is 29.7 Å². The van der Waals surface area contributed by atoms with Crippen LogP contribution in [0.1, 0.15) is 45.4 Å². The van der Waals surface area contributed by atoms with Crippen LogP contribution in [-0.2, 0) is 6.42 Å². The Morgan fingerprint density at radius 1 is 1.27 bits per heavy atom. The van der Waals surface area contributed by atoms with E-state index in [9.17, 15) is 14.7 Å². The zero-order valence-electron chi connectivity index (χ0n) is 12.0. The molecule has 0 unspecified atom stereocenters. The molecular formula is C15H16N2O4S. The Morgan fingerprint density at radius 2 is 2.05 bits per heavy atom. The highest BCUT2D eigenvalue weighted by Crippen LogP contribution is 2.31. The predicted octanol–water partition coefficient (Wildman–Crippen LogP) is 3.63. The van der Waals surface area contributed by atoms with Gasteiger partial charge in [-0.3, -0.25) is 0 Å². The van der Waals surface area contributed by atoms with Gasteiger partial charge in [0.05, 0.1) is 11.1 Å². The van der Waals surface area contributed by atoms with Crippen LogP contribution in [0.5, 0.6) is 0 Å². The Balaban J connectivity index is 2.21. The van der Waals surface area contributed by atoms with Gasteiger partial charge in [-0.1, -0.05) is 13.3 Å². The first-order valence-corrected chi connectivity index (χ1v) is 7.65. The fourth-order valence-corrected chi connectivity index (χ4v) is 2.98. The molecule has 3 N–H and O–H groups in total. The molecule has 0 atom stereocenters. The van der Waals surface area contributed by atoms with Gasteiger partial charge in [0.15, 0.2) is 0 Å². The summed E-state index contributed by atoms with van der Waals surface area (Å²) in [6, 6.07) is 4.61. The number of pyridine rings is 1. The van der Waals surface area contributed by atoms with Crippen LogP contribution in [0.2, 0.25) is 0 Å². The normalized spacial score (nSPS) is 10.4. The number of nitrogens with one attached hydrogen (secondary N) is 1. The number of hydrogen-bond acceptors (Lipinski definition) is 5. The summed E-state index contributed by atoms with van der Waals surface area (Å²) in [6.45, 7) is 2.08. The van der Waals surface area contributed by atoms with Gasteiger partial charge in [0.25, 0.3) is 0 Å². The van der Waals surface area contributed by atoms with Crippen LogP contribution in [0.15, 0.2) is 24.4 Å². The quantitative estimate of drug-likeness (QED) is 0.720. The lowest BCUT2D eigenvalue weighted by molar-refractivity contribution is 0.0686. The van der Waals surface area contributed by atoms with Crippen molar-refractivity contribution in [2.45, 2.75) is 26.2 Å². The average molecular weight is 320 g/mol.